The lowest BCUT2D eigenvalue weighted by molar-refractivity contribution is -0.133. The zero-order valence-electron chi connectivity index (χ0n) is 13.7. The zero-order valence-corrected chi connectivity index (χ0v) is 13.7. The van der Waals surface area contributed by atoms with Crippen molar-refractivity contribution < 1.29 is 23.8 Å². The SMILES string of the molecule is COCC(=O)N[C@@H]1CCN(C(=O)Cc2ccc(F)cc2)C[C@@H]1CO. The predicted octanol–water partition coefficient (Wildman–Crippen LogP) is 0.340. The molecule has 2 rings (SSSR count). The van der Waals surface area contributed by atoms with Crippen LogP contribution in [-0.4, -0.2) is 61.3 Å². The molecule has 0 bridgehead atoms. The maximum atomic E-state index is 12.9. The Balaban J connectivity index is 1.90. The van der Waals surface area contributed by atoms with Gasteiger partial charge in [0.05, 0.1) is 6.42 Å². The largest absolute Gasteiger partial charge is 0.396 e. The summed E-state index contributed by atoms with van der Waals surface area (Å²) in [5, 5.41) is 12.4. The summed E-state index contributed by atoms with van der Waals surface area (Å²) in [5.41, 5.74) is 0.748. The predicted molar refractivity (Wildman–Crippen MR) is 85.7 cm³/mol. The van der Waals surface area contributed by atoms with Crippen molar-refractivity contribution in [3.63, 3.8) is 0 Å². The third-order valence-electron chi connectivity index (χ3n) is 4.21. The number of nitrogens with zero attached hydrogens (tertiary/aromatic N) is 1. The van der Waals surface area contributed by atoms with E-state index in [0.29, 0.717) is 19.5 Å². The van der Waals surface area contributed by atoms with Gasteiger partial charge in [0.1, 0.15) is 12.4 Å². The minimum Gasteiger partial charge on any atom is -0.396 e. The number of piperidine rings is 1. The molecule has 2 N–H and O–H groups in total. The molecule has 0 saturated carbocycles. The van der Waals surface area contributed by atoms with Crippen LogP contribution in [-0.2, 0) is 20.7 Å². The first-order valence-electron chi connectivity index (χ1n) is 7.95. The number of aliphatic hydroxyl groups excluding tert-OH is 1. The number of aliphatic hydroxyl groups is 1. The molecule has 0 unspecified atom stereocenters. The Morgan fingerprint density at radius 3 is 2.71 bits per heavy atom. The molecule has 0 spiro atoms. The molecule has 132 valence electrons. The van der Waals surface area contributed by atoms with Gasteiger partial charge in [-0.2, -0.15) is 0 Å². The van der Waals surface area contributed by atoms with Crippen LogP contribution in [0.4, 0.5) is 4.39 Å². The maximum Gasteiger partial charge on any atom is 0.246 e. The van der Waals surface area contributed by atoms with Crippen LogP contribution >= 0.6 is 0 Å². The molecule has 1 saturated heterocycles. The van der Waals surface area contributed by atoms with E-state index in [9.17, 15) is 19.1 Å². The molecule has 2 atom stereocenters. The van der Waals surface area contributed by atoms with E-state index in [0.717, 1.165) is 5.56 Å². The fourth-order valence-corrected chi connectivity index (χ4v) is 2.90. The summed E-state index contributed by atoms with van der Waals surface area (Å²) in [5.74, 6) is -0.843. The molecule has 0 aromatic heterocycles. The van der Waals surface area contributed by atoms with E-state index in [1.807, 2.05) is 0 Å². The number of rotatable bonds is 6. The van der Waals surface area contributed by atoms with E-state index in [4.69, 9.17) is 4.74 Å². The van der Waals surface area contributed by atoms with E-state index >= 15 is 0 Å². The van der Waals surface area contributed by atoms with Crippen LogP contribution in [0.5, 0.6) is 0 Å². The number of nitrogens with one attached hydrogen (secondary N) is 1. The number of hydrogen-bond acceptors (Lipinski definition) is 4. The van der Waals surface area contributed by atoms with Crippen molar-refractivity contribution in [3.8, 4) is 0 Å². The zero-order chi connectivity index (χ0) is 17.5. The second kappa shape index (κ2) is 8.75. The van der Waals surface area contributed by atoms with Crippen LogP contribution in [0.2, 0.25) is 0 Å². The Morgan fingerprint density at radius 2 is 2.08 bits per heavy atom. The van der Waals surface area contributed by atoms with Gasteiger partial charge in [0.25, 0.3) is 0 Å². The molecule has 1 aliphatic heterocycles. The highest BCUT2D eigenvalue weighted by atomic mass is 19.1. The first kappa shape index (κ1) is 18.4. The van der Waals surface area contributed by atoms with Crippen molar-refractivity contribution in [2.24, 2.45) is 5.92 Å². The average molecular weight is 338 g/mol. The number of hydrogen-bond donors (Lipinski definition) is 2. The van der Waals surface area contributed by atoms with Crippen LogP contribution in [0.25, 0.3) is 0 Å². The number of methoxy groups -OCH3 is 1. The molecule has 1 heterocycles. The number of carbonyl (C=O) groups is 2. The summed E-state index contributed by atoms with van der Waals surface area (Å²) in [7, 11) is 1.44. The lowest BCUT2D eigenvalue weighted by atomic mass is 9.92. The topological polar surface area (TPSA) is 78.9 Å². The molecule has 1 fully saturated rings. The molecule has 6 nitrogen and oxygen atoms in total. The van der Waals surface area contributed by atoms with Gasteiger partial charge in [0.15, 0.2) is 0 Å². The molecule has 1 aromatic carbocycles. The lowest BCUT2D eigenvalue weighted by Crippen LogP contribution is -2.54. The van der Waals surface area contributed by atoms with Crippen LogP contribution in [0.1, 0.15) is 12.0 Å². The Hall–Kier alpha value is -1.99. The van der Waals surface area contributed by atoms with Crippen LogP contribution in [0, 0.1) is 11.7 Å². The summed E-state index contributed by atoms with van der Waals surface area (Å²) in [6, 6.07) is 5.67. The molecule has 7 heteroatoms. The number of ether oxygens (including phenoxy) is 1. The average Bonchev–Trinajstić information content (AvgIpc) is 2.57. The fraction of sp³-hybridized carbons (Fsp3) is 0.529. The van der Waals surface area contributed by atoms with Crippen molar-refractivity contribution >= 4 is 11.8 Å². The van der Waals surface area contributed by atoms with Gasteiger partial charge in [0.2, 0.25) is 11.8 Å². The Labute approximate surface area is 140 Å². The van der Waals surface area contributed by atoms with Gasteiger partial charge in [-0.05, 0) is 24.1 Å². The molecule has 0 aliphatic carbocycles. The molecule has 1 aromatic rings. The Morgan fingerprint density at radius 1 is 1.38 bits per heavy atom. The minimum atomic E-state index is -0.334. The van der Waals surface area contributed by atoms with E-state index in [2.05, 4.69) is 5.32 Å². The third kappa shape index (κ3) is 5.01. The second-order valence-corrected chi connectivity index (χ2v) is 5.98. The van der Waals surface area contributed by atoms with Crippen LogP contribution in [0.15, 0.2) is 24.3 Å². The van der Waals surface area contributed by atoms with Crippen molar-refractivity contribution in [1.82, 2.24) is 10.2 Å². The van der Waals surface area contributed by atoms with E-state index in [1.165, 1.54) is 19.2 Å². The quantitative estimate of drug-likeness (QED) is 0.784. The molecule has 0 radical (unpaired) electrons. The molecular weight excluding hydrogens is 315 g/mol. The summed E-state index contributed by atoms with van der Waals surface area (Å²) < 4.78 is 17.7. The lowest BCUT2D eigenvalue weighted by Gasteiger charge is -2.38. The van der Waals surface area contributed by atoms with Crippen molar-refractivity contribution in [3.05, 3.63) is 35.6 Å². The summed E-state index contributed by atoms with van der Waals surface area (Å²) in [6.45, 7) is 0.753. The number of amides is 2. The van der Waals surface area contributed by atoms with E-state index in [-0.39, 0.29) is 49.2 Å². The summed E-state index contributed by atoms with van der Waals surface area (Å²) >= 11 is 0. The molecule has 1 aliphatic rings. The van der Waals surface area contributed by atoms with Crippen LogP contribution < -0.4 is 5.32 Å². The highest BCUT2D eigenvalue weighted by Gasteiger charge is 2.31. The standard InChI is InChI=1S/C17H23FN2O4/c1-24-11-16(22)19-15-6-7-20(9-13(15)10-21)17(23)8-12-2-4-14(18)5-3-12/h2-5,13,15,21H,6-11H2,1H3,(H,19,22)/t13-,15-/m1/s1. The van der Waals surface area contributed by atoms with Crippen molar-refractivity contribution in [2.45, 2.75) is 18.9 Å². The first-order valence-corrected chi connectivity index (χ1v) is 7.95. The first-order chi connectivity index (χ1) is 11.5. The van der Waals surface area contributed by atoms with Crippen molar-refractivity contribution in [2.75, 3.05) is 33.4 Å². The van der Waals surface area contributed by atoms with Crippen molar-refractivity contribution in [1.29, 1.82) is 0 Å². The Bertz CT molecular complexity index is 564. The second-order valence-electron chi connectivity index (χ2n) is 5.98. The van der Waals surface area contributed by atoms with Gasteiger partial charge >= 0.3 is 0 Å². The maximum absolute atomic E-state index is 12.9. The van der Waals surface area contributed by atoms with Gasteiger partial charge < -0.3 is 20.1 Å². The highest BCUT2D eigenvalue weighted by molar-refractivity contribution is 5.79. The van der Waals surface area contributed by atoms with Gasteiger partial charge in [0, 0.05) is 38.8 Å². The van der Waals surface area contributed by atoms with Gasteiger partial charge in [-0.3, -0.25) is 9.59 Å². The van der Waals surface area contributed by atoms with Gasteiger partial charge in [-0.25, -0.2) is 4.39 Å². The molecule has 24 heavy (non-hydrogen) atoms. The summed E-state index contributed by atoms with van der Waals surface area (Å²) in [4.78, 5) is 25.7. The number of carbonyl (C=O) groups excluding carboxylic acids is 2. The normalized spacial score (nSPS) is 20.7. The van der Waals surface area contributed by atoms with Crippen LogP contribution in [0.3, 0.4) is 0 Å². The fourth-order valence-electron chi connectivity index (χ4n) is 2.90. The van der Waals surface area contributed by atoms with Gasteiger partial charge in [-0.15, -0.1) is 0 Å². The number of halogens is 1. The summed E-state index contributed by atoms with van der Waals surface area (Å²) in [6.07, 6.45) is 0.773. The monoisotopic (exact) mass is 338 g/mol. The molecular formula is C17H23FN2O4. The van der Waals surface area contributed by atoms with E-state index < -0.39 is 0 Å². The minimum absolute atomic E-state index is 0.0259. The number of benzene rings is 1. The third-order valence-corrected chi connectivity index (χ3v) is 4.21. The highest BCUT2D eigenvalue weighted by Crippen LogP contribution is 2.18. The van der Waals surface area contributed by atoms with E-state index in [1.54, 1.807) is 17.0 Å². The van der Waals surface area contributed by atoms with Gasteiger partial charge in [-0.1, -0.05) is 12.1 Å². The smallest absolute Gasteiger partial charge is 0.246 e. The number of likely N-dealkylation sites (tertiary alicyclic amines) is 1. The molecule has 2 amide bonds. The Kier molecular flexibility index (Phi) is 6.69.